The molecule has 110 valence electrons. The molecule has 1 aromatic rings. The number of rotatable bonds is 3. The van der Waals surface area contributed by atoms with E-state index in [-0.39, 0.29) is 0 Å². The first-order valence-electron chi connectivity index (χ1n) is 7.94. The SMILES string of the molecule is CN1C2CCC1CC(CNC1CCc3sc(Cl)cc31)C2. The Morgan fingerprint density at radius 1 is 1.30 bits per heavy atom. The molecule has 4 rings (SSSR count). The fraction of sp³-hybridized carbons (Fsp3) is 0.750. The molecule has 0 spiro atoms. The van der Waals surface area contributed by atoms with Gasteiger partial charge in [0, 0.05) is 23.0 Å². The van der Waals surface area contributed by atoms with Crippen LogP contribution in [0.3, 0.4) is 0 Å². The van der Waals surface area contributed by atoms with Gasteiger partial charge in [0.25, 0.3) is 0 Å². The number of nitrogens with one attached hydrogen (secondary N) is 1. The normalized spacial score (nSPS) is 36.5. The van der Waals surface area contributed by atoms with Crippen LogP contribution in [0.1, 0.15) is 48.6 Å². The van der Waals surface area contributed by atoms with Crippen LogP contribution in [-0.2, 0) is 6.42 Å². The van der Waals surface area contributed by atoms with Gasteiger partial charge in [0.05, 0.1) is 4.34 Å². The molecule has 0 radical (unpaired) electrons. The van der Waals surface area contributed by atoms with Gasteiger partial charge in [-0.15, -0.1) is 11.3 Å². The number of aryl methyl sites for hydroxylation is 1. The van der Waals surface area contributed by atoms with Gasteiger partial charge in [0.2, 0.25) is 0 Å². The Kier molecular flexibility index (Phi) is 3.58. The first-order valence-corrected chi connectivity index (χ1v) is 9.13. The largest absolute Gasteiger partial charge is 0.310 e. The van der Waals surface area contributed by atoms with Crippen LogP contribution < -0.4 is 5.32 Å². The van der Waals surface area contributed by atoms with Gasteiger partial charge < -0.3 is 10.2 Å². The summed E-state index contributed by atoms with van der Waals surface area (Å²) >= 11 is 7.91. The lowest BCUT2D eigenvalue weighted by Crippen LogP contribution is -2.42. The highest BCUT2D eigenvalue weighted by Gasteiger charge is 2.38. The lowest BCUT2D eigenvalue weighted by molar-refractivity contribution is 0.131. The molecular weight excluding hydrogens is 288 g/mol. The van der Waals surface area contributed by atoms with Crippen molar-refractivity contribution in [1.29, 1.82) is 0 Å². The van der Waals surface area contributed by atoms with Gasteiger partial charge in [0.15, 0.2) is 0 Å². The van der Waals surface area contributed by atoms with Crippen LogP contribution >= 0.6 is 22.9 Å². The highest BCUT2D eigenvalue weighted by Crippen LogP contribution is 2.40. The van der Waals surface area contributed by atoms with Crippen LogP contribution in [0.15, 0.2) is 6.07 Å². The molecule has 1 N–H and O–H groups in total. The van der Waals surface area contributed by atoms with Gasteiger partial charge in [-0.25, -0.2) is 0 Å². The van der Waals surface area contributed by atoms with Gasteiger partial charge in [0.1, 0.15) is 0 Å². The van der Waals surface area contributed by atoms with E-state index in [0.717, 1.165) is 22.3 Å². The average molecular weight is 311 g/mol. The standard InChI is InChI=1S/C16H23ClN2S/c1-19-11-2-3-12(19)7-10(6-11)9-18-14-4-5-15-13(14)8-16(17)20-15/h8,10-12,14,18H,2-7,9H2,1H3. The third-order valence-corrected chi connectivity index (χ3v) is 7.04. The predicted molar refractivity (Wildman–Crippen MR) is 85.7 cm³/mol. The van der Waals surface area contributed by atoms with Crippen molar-refractivity contribution >= 4 is 22.9 Å². The second kappa shape index (κ2) is 5.28. The van der Waals surface area contributed by atoms with E-state index in [4.69, 9.17) is 11.6 Å². The van der Waals surface area contributed by atoms with Gasteiger partial charge in [-0.05, 0) is 69.7 Å². The molecule has 20 heavy (non-hydrogen) atoms. The Bertz CT molecular complexity index is 487. The molecule has 2 saturated heterocycles. The number of hydrogen-bond acceptors (Lipinski definition) is 3. The molecule has 0 aromatic carbocycles. The second-order valence-corrected chi connectivity index (χ2v) is 8.58. The Balaban J connectivity index is 1.35. The quantitative estimate of drug-likeness (QED) is 0.912. The maximum Gasteiger partial charge on any atom is 0.0934 e. The molecule has 3 atom stereocenters. The first-order chi connectivity index (χ1) is 9.70. The van der Waals surface area contributed by atoms with Crippen molar-refractivity contribution in [3.05, 3.63) is 20.8 Å². The molecule has 3 heterocycles. The lowest BCUT2D eigenvalue weighted by Gasteiger charge is -2.36. The van der Waals surface area contributed by atoms with Crippen LogP contribution in [0.2, 0.25) is 4.34 Å². The summed E-state index contributed by atoms with van der Waals surface area (Å²) in [5.41, 5.74) is 1.48. The first kappa shape index (κ1) is 13.6. The fourth-order valence-corrected chi connectivity index (χ4v) is 5.90. The van der Waals surface area contributed by atoms with Gasteiger partial charge >= 0.3 is 0 Å². The van der Waals surface area contributed by atoms with E-state index in [2.05, 4.69) is 23.3 Å². The molecule has 0 amide bonds. The van der Waals surface area contributed by atoms with E-state index in [9.17, 15) is 0 Å². The Hall–Kier alpha value is -0.0900. The smallest absolute Gasteiger partial charge is 0.0934 e. The summed E-state index contributed by atoms with van der Waals surface area (Å²) in [6.45, 7) is 1.19. The van der Waals surface area contributed by atoms with Gasteiger partial charge in [-0.3, -0.25) is 0 Å². The molecule has 1 aromatic heterocycles. The van der Waals surface area contributed by atoms with Crippen molar-refractivity contribution in [3.8, 4) is 0 Å². The van der Waals surface area contributed by atoms with E-state index in [1.165, 1.54) is 55.5 Å². The third kappa shape index (κ3) is 2.33. The second-order valence-electron chi connectivity index (χ2n) is 6.82. The Morgan fingerprint density at radius 2 is 2.05 bits per heavy atom. The number of piperidine rings is 1. The van der Waals surface area contributed by atoms with Gasteiger partial charge in [-0.1, -0.05) is 11.6 Å². The van der Waals surface area contributed by atoms with Crippen LogP contribution in [0, 0.1) is 5.92 Å². The molecule has 3 aliphatic rings. The van der Waals surface area contributed by atoms with Crippen LogP contribution in [0.5, 0.6) is 0 Å². The van der Waals surface area contributed by atoms with Crippen molar-refractivity contribution in [2.45, 2.75) is 56.7 Å². The molecule has 2 nitrogen and oxygen atoms in total. The van der Waals surface area contributed by atoms with Crippen molar-refractivity contribution < 1.29 is 0 Å². The summed E-state index contributed by atoms with van der Waals surface area (Å²) < 4.78 is 0.957. The summed E-state index contributed by atoms with van der Waals surface area (Å²) in [6.07, 6.45) is 8.10. The number of halogens is 1. The number of thiophene rings is 1. The number of hydrogen-bond donors (Lipinski definition) is 1. The molecule has 0 saturated carbocycles. The van der Waals surface area contributed by atoms with E-state index < -0.39 is 0 Å². The predicted octanol–water partition coefficient (Wildman–Crippen LogP) is 3.85. The topological polar surface area (TPSA) is 15.3 Å². The summed E-state index contributed by atoms with van der Waals surface area (Å²) in [5.74, 6) is 0.877. The summed E-state index contributed by atoms with van der Waals surface area (Å²) in [5, 5.41) is 3.83. The summed E-state index contributed by atoms with van der Waals surface area (Å²) in [7, 11) is 2.32. The minimum absolute atomic E-state index is 0.561. The van der Waals surface area contributed by atoms with Crippen molar-refractivity contribution in [2.24, 2.45) is 5.92 Å². The summed E-state index contributed by atoms with van der Waals surface area (Å²) in [4.78, 5) is 4.14. The maximum atomic E-state index is 6.14. The van der Waals surface area contributed by atoms with Crippen molar-refractivity contribution in [3.63, 3.8) is 0 Å². The highest BCUT2D eigenvalue weighted by molar-refractivity contribution is 7.16. The third-order valence-electron chi connectivity index (χ3n) is 5.70. The van der Waals surface area contributed by atoms with Crippen LogP contribution in [0.4, 0.5) is 0 Å². The van der Waals surface area contributed by atoms with Crippen LogP contribution in [-0.4, -0.2) is 30.6 Å². The monoisotopic (exact) mass is 310 g/mol. The van der Waals surface area contributed by atoms with Crippen molar-refractivity contribution in [2.75, 3.05) is 13.6 Å². The molecule has 2 fully saturated rings. The van der Waals surface area contributed by atoms with Crippen molar-refractivity contribution in [1.82, 2.24) is 10.2 Å². The molecule has 4 heteroatoms. The van der Waals surface area contributed by atoms with E-state index >= 15 is 0 Å². The minimum atomic E-state index is 0.561. The number of fused-ring (bicyclic) bond motifs is 3. The Morgan fingerprint density at radius 3 is 2.80 bits per heavy atom. The molecule has 2 bridgehead atoms. The number of nitrogens with zero attached hydrogens (tertiary/aromatic N) is 1. The lowest BCUT2D eigenvalue weighted by atomic mass is 9.91. The maximum absolute atomic E-state index is 6.14. The minimum Gasteiger partial charge on any atom is -0.310 e. The Labute approximate surface area is 130 Å². The molecule has 3 unspecified atom stereocenters. The zero-order chi connectivity index (χ0) is 13.7. The van der Waals surface area contributed by atoms with E-state index in [0.29, 0.717) is 6.04 Å². The van der Waals surface area contributed by atoms with Gasteiger partial charge in [-0.2, -0.15) is 0 Å². The molecule has 1 aliphatic carbocycles. The molecular formula is C16H23ClN2S. The average Bonchev–Trinajstić information content (AvgIpc) is 3.00. The van der Waals surface area contributed by atoms with E-state index in [1.54, 1.807) is 11.3 Å². The highest BCUT2D eigenvalue weighted by atomic mass is 35.5. The summed E-state index contributed by atoms with van der Waals surface area (Å²) in [6, 6.07) is 4.46. The van der Waals surface area contributed by atoms with E-state index in [1.807, 2.05) is 0 Å². The molecule has 2 aliphatic heterocycles. The van der Waals surface area contributed by atoms with Crippen LogP contribution in [0.25, 0.3) is 0 Å². The zero-order valence-corrected chi connectivity index (χ0v) is 13.6. The fourth-order valence-electron chi connectivity index (χ4n) is 4.54. The zero-order valence-electron chi connectivity index (χ0n) is 12.1.